The Kier molecular flexibility index (Phi) is 4.75. The van der Waals surface area contributed by atoms with Crippen LogP contribution in [0.5, 0.6) is 0 Å². The predicted octanol–water partition coefficient (Wildman–Crippen LogP) is 2.36. The maximum atomic E-state index is 12.6. The molecule has 1 amide bonds. The Bertz CT molecular complexity index is 660. The van der Waals surface area contributed by atoms with Crippen molar-refractivity contribution in [1.29, 1.82) is 0 Å². The summed E-state index contributed by atoms with van der Waals surface area (Å²) in [6.07, 6.45) is 2.07. The summed E-state index contributed by atoms with van der Waals surface area (Å²) in [6, 6.07) is 4.65. The number of carbonyl (C=O) groups is 1. The molecule has 1 heterocycles. The van der Waals surface area contributed by atoms with Gasteiger partial charge >= 0.3 is 0 Å². The van der Waals surface area contributed by atoms with E-state index in [2.05, 4.69) is 22.9 Å². The first kappa shape index (κ1) is 16.5. The molecule has 1 aromatic carbocycles. The lowest BCUT2D eigenvalue weighted by atomic mass is 9.91. The fourth-order valence-corrected chi connectivity index (χ4v) is 4.20. The zero-order valence-corrected chi connectivity index (χ0v) is 14.4. The number of hydrogen-bond donors (Lipinski definition) is 1. The number of nitrogens with two attached hydrogens (primary N) is 1. The molecular weight excluding hydrogens is 356 g/mol. The number of hydrogen-bond acceptors (Lipinski definition) is 3. The van der Waals surface area contributed by atoms with E-state index >= 15 is 0 Å². The van der Waals surface area contributed by atoms with Gasteiger partial charge in [-0.05, 0) is 59.8 Å². The van der Waals surface area contributed by atoms with Crippen LogP contribution in [0.4, 0.5) is 0 Å². The van der Waals surface area contributed by atoms with Crippen molar-refractivity contribution in [3.8, 4) is 0 Å². The molecule has 0 aliphatic carbocycles. The summed E-state index contributed by atoms with van der Waals surface area (Å²) in [5.74, 6) is 0.294. The van der Waals surface area contributed by atoms with Crippen LogP contribution in [0.25, 0.3) is 0 Å². The number of nitrogens with zero attached hydrogens (tertiary/aromatic N) is 1. The second kappa shape index (κ2) is 6.06. The van der Waals surface area contributed by atoms with Gasteiger partial charge in [-0.1, -0.05) is 6.92 Å². The molecular formula is C14H19BrN2O3S. The van der Waals surface area contributed by atoms with Crippen LogP contribution < -0.4 is 5.14 Å². The normalized spacial score (nSPS) is 23.1. The van der Waals surface area contributed by atoms with Crippen molar-refractivity contribution in [1.82, 2.24) is 4.90 Å². The highest BCUT2D eigenvalue weighted by molar-refractivity contribution is 9.10. The SMILES string of the molecule is CC1CCCN(C(=O)c2ccc(Br)c(S(N)(=O)=O)c2)C1C. The van der Waals surface area contributed by atoms with Crippen LogP contribution in [0.2, 0.25) is 0 Å². The van der Waals surface area contributed by atoms with Gasteiger partial charge in [-0.15, -0.1) is 0 Å². The van der Waals surface area contributed by atoms with E-state index < -0.39 is 10.0 Å². The van der Waals surface area contributed by atoms with Crippen molar-refractivity contribution in [3.63, 3.8) is 0 Å². The third-order valence-corrected chi connectivity index (χ3v) is 6.02. The Morgan fingerprint density at radius 1 is 1.38 bits per heavy atom. The van der Waals surface area contributed by atoms with Gasteiger partial charge in [-0.3, -0.25) is 4.79 Å². The van der Waals surface area contributed by atoms with E-state index in [1.165, 1.54) is 6.07 Å². The molecule has 21 heavy (non-hydrogen) atoms. The minimum atomic E-state index is -3.86. The highest BCUT2D eigenvalue weighted by Gasteiger charge is 2.29. The van der Waals surface area contributed by atoms with Gasteiger partial charge in [-0.25, -0.2) is 13.6 Å². The summed E-state index contributed by atoms with van der Waals surface area (Å²) in [5, 5.41) is 5.17. The van der Waals surface area contributed by atoms with Crippen molar-refractivity contribution >= 4 is 31.9 Å². The molecule has 7 heteroatoms. The second-order valence-electron chi connectivity index (χ2n) is 5.55. The number of rotatable bonds is 2. The van der Waals surface area contributed by atoms with E-state index in [-0.39, 0.29) is 16.8 Å². The average molecular weight is 375 g/mol. The van der Waals surface area contributed by atoms with Gasteiger partial charge in [0.2, 0.25) is 10.0 Å². The molecule has 1 aliphatic rings. The summed E-state index contributed by atoms with van der Waals surface area (Å²) in [5.41, 5.74) is 0.350. The lowest BCUT2D eigenvalue weighted by Crippen LogP contribution is -2.46. The van der Waals surface area contributed by atoms with E-state index in [4.69, 9.17) is 5.14 Å². The van der Waals surface area contributed by atoms with E-state index in [0.29, 0.717) is 22.5 Å². The molecule has 2 N–H and O–H groups in total. The van der Waals surface area contributed by atoms with Gasteiger partial charge in [0.15, 0.2) is 0 Å². The van der Waals surface area contributed by atoms with Crippen molar-refractivity contribution < 1.29 is 13.2 Å². The number of halogens is 1. The Morgan fingerprint density at radius 2 is 2.05 bits per heavy atom. The van der Waals surface area contributed by atoms with Crippen LogP contribution in [0.1, 0.15) is 37.0 Å². The number of sulfonamides is 1. The van der Waals surface area contributed by atoms with Crippen LogP contribution in [-0.2, 0) is 10.0 Å². The summed E-state index contributed by atoms with van der Waals surface area (Å²) in [4.78, 5) is 14.4. The molecule has 2 unspecified atom stereocenters. The number of benzene rings is 1. The van der Waals surface area contributed by atoms with E-state index in [0.717, 1.165) is 12.8 Å². The number of likely N-dealkylation sites (tertiary alicyclic amines) is 1. The molecule has 116 valence electrons. The third kappa shape index (κ3) is 3.46. The molecule has 0 spiro atoms. The monoisotopic (exact) mass is 374 g/mol. The van der Waals surface area contributed by atoms with E-state index in [9.17, 15) is 13.2 Å². The largest absolute Gasteiger partial charge is 0.336 e. The lowest BCUT2D eigenvalue weighted by molar-refractivity contribution is 0.0551. The first-order chi connectivity index (χ1) is 9.71. The zero-order valence-electron chi connectivity index (χ0n) is 12.0. The Hall–Kier alpha value is -0.920. The average Bonchev–Trinajstić information content (AvgIpc) is 2.40. The van der Waals surface area contributed by atoms with Gasteiger partial charge in [-0.2, -0.15) is 0 Å². The first-order valence-corrected chi connectivity index (χ1v) is 9.19. The van der Waals surface area contributed by atoms with Crippen molar-refractivity contribution in [2.45, 2.75) is 37.6 Å². The van der Waals surface area contributed by atoms with Crippen LogP contribution in [0, 0.1) is 5.92 Å². The molecule has 0 aromatic heterocycles. The second-order valence-corrected chi connectivity index (χ2v) is 7.93. The van der Waals surface area contributed by atoms with Crippen LogP contribution >= 0.6 is 15.9 Å². The first-order valence-electron chi connectivity index (χ1n) is 6.85. The molecule has 1 saturated heterocycles. The topological polar surface area (TPSA) is 80.5 Å². The fourth-order valence-electron chi connectivity index (χ4n) is 2.64. The standard InChI is InChI=1S/C14H19BrN2O3S/c1-9-4-3-7-17(10(9)2)14(18)11-5-6-12(15)13(8-11)21(16,19)20/h5-6,8-10H,3-4,7H2,1-2H3,(H2,16,19,20). The van der Waals surface area contributed by atoms with Crippen molar-refractivity contribution in [2.24, 2.45) is 11.1 Å². The van der Waals surface area contributed by atoms with Gasteiger partial charge in [0.05, 0.1) is 4.90 Å². The maximum Gasteiger partial charge on any atom is 0.254 e. The lowest BCUT2D eigenvalue weighted by Gasteiger charge is -2.38. The highest BCUT2D eigenvalue weighted by Crippen LogP contribution is 2.27. The molecule has 5 nitrogen and oxygen atoms in total. The van der Waals surface area contributed by atoms with E-state index in [1.54, 1.807) is 12.1 Å². The third-order valence-electron chi connectivity index (χ3n) is 4.12. The van der Waals surface area contributed by atoms with Crippen molar-refractivity contribution in [3.05, 3.63) is 28.2 Å². The minimum Gasteiger partial charge on any atom is -0.336 e. The zero-order chi connectivity index (χ0) is 15.8. The molecule has 2 atom stereocenters. The predicted molar refractivity (Wildman–Crippen MR) is 84.4 cm³/mol. The number of piperidine rings is 1. The Labute approximate surface area is 133 Å². The Balaban J connectivity index is 2.36. The molecule has 1 aliphatic heterocycles. The molecule has 0 bridgehead atoms. The number of carbonyl (C=O) groups excluding carboxylic acids is 1. The minimum absolute atomic E-state index is 0.0638. The quantitative estimate of drug-likeness (QED) is 0.862. The maximum absolute atomic E-state index is 12.6. The van der Waals surface area contributed by atoms with Crippen LogP contribution in [-0.4, -0.2) is 31.8 Å². The smallest absolute Gasteiger partial charge is 0.254 e. The summed E-state index contributed by atoms with van der Waals surface area (Å²) in [6.45, 7) is 4.85. The molecule has 0 radical (unpaired) electrons. The van der Waals surface area contributed by atoms with Gasteiger partial charge in [0, 0.05) is 22.6 Å². The summed E-state index contributed by atoms with van der Waals surface area (Å²) in [7, 11) is -3.86. The van der Waals surface area contributed by atoms with E-state index in [1.807, 2.05) is 11.8 Å². The summed E-state index contributed by atoms with van der Waals surface area (Å²) >= 11 is 3.15. The van der Waals surface area contributed by atoms with Gasteiger partial charge in [0.1, 0.15) is 0 Å². The molecule has 2 rings (SSSR count). The summed E-state index contributed by atoms with van der Waals surface area (Å²) < 4.78 is 23.5. The van der Waals surface area contributed by atoms with Gasteiger partial charge < -0.3 is 4.90 Å². The fraction of sp³-hybridized carbons (Fsp3) is 0.500. The number of primary sulfonamides is 1. The molecule has 1 aromatic rings. The highest BCUT2D eigenvalue weighted by atomic mass is 79.9. The molecule has 1 fully saturated rings. The van der Waals surface area contributed by atoms with Crippen molar-refractivity contribution in [2.75, 3.05) is 6.54 Å². The Morgan fingerprint density at radius 3 is 2.67 bits per heavy atom. The number of amides is 1. The van der Waals surface area contributed by atoms with Crippen LogP contribution in [0.3, 0.4) is 0 Å². The molecule has 0 saturated carbocycles. The van der Waals surface area contributed by atoms with Gasteiger partial charge in [0.25, 0.3) is 5.91 Å². The van der Waals surface area contributed by atoms with Crippen LogP contribution in [0.15, 0.2) is 27.6 Å².